The van der Waals surface area contributed by atoms with Crippen molar-refractivity contribution in [1.29, 1.82) is 0 Å². The first kappa shape index (κ1) is 23.8. The quantitative estimate of drug-likeness (QED) is 0.278. The van der Waals surface area contributed by atoms with E-state index in [1.165, 1.54) is 0 Å². The molecule has 2 rings (SSSR count). The van der Waals surface area contributed by atoms with E-state index in [-0.39, 0.29) is 35.7 Å². The first-order chi connectivity index (χ1) is 13.2. The zero-order valence-corrected chi connectivity index (χ0v) is 17.2. The molecule has 0 aromatic heterocycles. The normalized spacial score (nSPS) is 30.4. The molecule has 10 heteroatoms. The molecular weight excluding hydrogens is 364 g/mol. The van der Waals surface area contributed by atoms with Crippen LogP contribution in [-0.4, -0.2) is 74.0 Å². The van der Waals surface area contributed by atoms with Crippen LogP contribution in [0.1, 0.15) is 40.5 Å². The average Bonchev–Trinajstić information content (AvgIpc) is 2.65. The third kappa shape index (κ3) is 8.66. The van der Waals surface area contributed by atoms with Crippen LogP contribution in [0.3, 0.4) is 0 Å². The number of hydrogen-bond donors (Lipinski definition) is 6. The van der Waals surface area contributed by atoms with Gasteiger partial charge in [-0.15, -0.1) is 0 Å². The molecule has 4 amide bonds. The molecule has 2 heterocycles. The van der Waals surface area contributed by atoms with E-state index in [9.17, 15) is 19.2 Å². The summed E-state index contributed by atoms with van der Waals surface area (Å²) in [4.78, 5) is 45.5. The van der Waals surface area contributed by atoms with Crippen molar-refractivity contribution < 1.29 is 19.2 Å². The van der Waals surface area contributed by atoms with Gasteiger partial charge in [-0.2, -0.15) is 0 Å². The molecule has 2 fully saturated rings. The Morgan fingerprint density at radius 3 is 1.25 bits per heavy atom. The van der Waals surface area contributed by atoms with Crippen LogP contribution < -0.4 is 31.9 Å². The molecular formula is C18H34N6O4. The molecule has 0 unspecified atom stereocenters. The SMILES string of the molecule is C[C@@H]1NCCCNC(=O)[C@H](C)NC1=O.C[C@@H]1NCCCNC(=O)[C@H](C)NC1=O. The lowest BCUT2D eigenvalue weighted by molar-refractivity contribution is -0.129. The van der Waals surface area contributed by atoms with Crippen LogP contribution in [0.5, 0.6) is 0 Å². The Labute approximate surface area is 166 Å². The van der Waals surface area contributed by atoms with Crippen molar-refractivity contribution in [1.82, 2.24) is 31.9 Å². The Balaban J connectivity index is 0.000000280. The Kier molecular flexibility index (Phi) is 10.5. The van der Waals surface area contributed by atoms with Crippen LogP contribution in [0.15, 0.2) is 0 Å². The maximum absolute atomic E-state index is 11.4. The van der Waals surface area contributed by atoms with Gasteiger partial charge in [0.2, 0.25) is 23.6 Å². The van der Waals surface area contributed by atoms with Crippen LogP contribution >= 0.6 is 0 Å². The first-order valence-electron chi connectivity index (χ1n) is 9.85. The van der Waals surface area contributed by atoms with E-state index in [0.29, 0.717) is 13.1 Å². The molecule has 10 nitrogen and oxygen atoms in total. The van der Waals surface area contributed by atoms with E-state index in [0.717, 1.165) is 25.9 Å². The predicted octanol–water partition coefficient (Wildman–Crippen LogP) is -2.02. The number of carbonyl (C=O) groups is 4. The van der Waals surface area contributed by atoms with Gasteiger partial charge >= 0.3 is 0 Å². The fourth-order valence-electron chi connectivity index (χ4n) is 2.54. The van der Waals surface area contributed by atoms with E-state index in [1.807, 2.05) is 0 Å². The van der Waals surface area contributed by atoms with Gasteiger partial charge in [-0.25, -0.2) is 0 Å². The predicted molar refractivity (Wildman–Crippen MR) is 105 cm³/mol. The Morgan fingerprint density at radius 2 is 0.893 bits per heavy atom. The van der Waals surface area contributed by atoms with Gasteiger partial charge in [0.1, 0.15) is 12.1 Å². The zero-order valence-electron chi connectivity index (χ0n) is 17.2. The van der Waals surface area contributed by atoms with Crippen LogP contribution in [-0.2, 0) is 19.2 Å². The molecule has 28 heavy (non-hydrogen) atoms. The van der Waals surface area contributed by atoms with Crippen molar-refractivity contribution >= 4 is 23.6 Å². The van der Waals surface area contributed by atoms with Crippen molar-refractivity contribution in [3.63, 3.8) is 0 Å². The summed E-state index contributed by atoms with van der Waals surface area (Å²) in [5, 5.41) is 16.9. The van der Waals surface area contributed by atoms with Gasteiger partial charge in [0.05, 0.1) is 12.1 Å². The molecule has 0 radical (unpaired) electrons. The Hall–Kier alpha value is -2.20. The number of carbonyl (C=O) groups excluding carboxylic acids is 4. The van der Waals surface area contributed by atoms with Gasteiger partial charge in [0.25, 0.3) is 0 Å². The third-order valence-corrected chi connectivity index (χ3v) is 4.50. The number of nitrogens with one attached hydrogen (secondary N) is 6. The smallest absolute Gasteiger partial charge is 0.242 e. The van der Waals surface area contributed by atoms with Crippen molar-refractivity contribution in [2.45, 2.75) is 64.7 Å². The van der Waals surface area contributed by atoms with Crippen molar-refractivity contribution in [3.05, 3.63) is 0 Å². The highest BCUT2D eigenvalue weighted by Crippen LogP contribution is 1.91. The molecule has 0 bridgehead atoms. The summed E-state index contributed by atoms with van der Waals surface area (Å²) >= 11 is 0. The minimum Gasteiger partial charge on any atom is -0.354 e. The van der Waals surface area contributed by atoms with Gasteiger partial charge < -0.3 is 31.9 Å². The highest BCUT2D eigenvalue weighted by molar-refractivity contribution is 5.90. The monoisotopic (exact) mass is 398 g/mol. The van der Waals surface area contributed by atoms with Crippen LogP contribution in [0, 0.1) is 0 Å². The second kappa shape index (κ2) is 12.3. The minimum atomic E-state index is -0.454. The average molecular weight is 399 g/mol. The topological polar surface area (TPSA) is 140 Å². The van der Waals surface area contributed by atoms with E-state index in [2.05, 4.69) is 31.9 Å². The molecule has 0 aliphatic carbocycles. The van der Waals surface area contributed by atoms with E-state index in [4.69, 9.17) is 0 Å². The van der Waals surface area contributed by atoms with Gasteiger partial charge in [0.15, 0.2) is 0 Å². The van der Waals surface area contributed by atoms with E-state index in [1.54, 1.807) is 27.7 Å². The van der Waals surface area contributed by atoms with Gasteiger partial charge in [0, 0.05) is 13.1 Å². The molecule has 2 saturated heterocycles. The van der Waals surface area contributed by atoms with Crippen molar-refractivity contribution in [2.24, 2.45) is 0 Å². The van der Waals surface area contributed by atoms with E-state index < -0.39 is 12.1 Å². The maximum Gasteiger partial charge on any atom is 0.242 e. The molecule has 2 aliphatic rings. The zero-order chi connectivity index (χ0) is 21.1. The number of hydrogen-bond acceptors (Lipinski definition) is 6. The maximum atomic E-state index is 11.4. The summed E-state index contributed by atoms with van der Waals surface area (Å²) in [7, 11) is 0. The summed E-state index contributed by atoms with van der Waals surface area (Å²) in [6, 6.07) is -1.37. The minimum absolute atomic E-state index is 0.118. The lowest BCUT2D eigenvalue weighted by atomic mass is 10.2. The van der Waals surface area contributed by atoms with Gasteiger partial charge in [-0.1, -0.05) is 0 Å². The summed E-state index contributed by atoms with van der Waals surface area (Å²) in [5.41, 5.74) is 0. The molecule has 0 spiro atoms. The highest BCUT2D eigenvalue weighted by Gasteiger charge is 2.21. The second-order valence-electron chi connectivity index (χ2n) is 7.10. The molecule has 160 valence electrons. The standard InChI is InChI=1S/2C9H17N3O2/c2*1-6-9(14)12-7(2)8(13)11-5-3-4-10-6/h2*6-7,10H,3-5H2,1-2H3,(H,11,13)(H,12,14)/t2*6-,7-/m00/s1. The van der Waals surface area contributed by atoms with Crippen molar-refractivity contribution in [2.75, 3.05) is 26.2 Å². The highest BCUT2D eigenvalue weighted by atomic mass is 16.2. The molecule has 4 atom stereocenters. The lowest BCUT2D eigenvalue weighted by Crippen LogP contribution is -2.52. The fraction of sp³-hybridized carbons (Fsp3) is 0.778. The number of amides is 4. The van der Waals surface area contributed by atoms with Gasteiger partial charge in [-0.05, 0) is 53.6 Å². The largest absolute Gasteiger partial charge is 0.354 e. The fourth-order valence-corrected chi connectivity index (χ4v) is 2.54. The first-order valence-corrected chi connectivity index (χ1v) is 9.85. The molecule has 0 aromatic rings. The van der Waals surface area contributed by atoms with E-state index >= 15 is 0 Å². The third-order valence-electron chi connectivity index (χ3n) is 4.50. The Morgan fingerprint density at radius 1 is 0.536 bits per heavy atom. The van der Waals surface area contributed by atoms with Gasteiger partial charge in [-0.3, -0.25) is 19.2 Å². The lowest BCUT2D eigenvalue weighted by Gasteiger charge is -2.20. The molecule has 0 aromatic carbocycles. The molecule has 6 N–H and O–H groups in total. The second-order valence-corrected chi connectivity index (χ2v) is 7.10. The van der Waals surface area contributed by atoms with Crippen LogP contribution in [0.25, 0.3) is 0 Å². The van der Waals surface area contributed by atoms with Crippen molar-refractivity contribution in [3.8, 4) is 0 Å². The summed E-state index contributed by atoms with van der Waals surface area (Å²) in [5.74, 6) is -0.496. The summed E-state index contributed by atoms with van der Waals surface area (Å²) in [6.07, 6.45) is 1.69. The van der Waals surface area contributed by atoms with Crippen LogP contribution in [0.4, 0.5) is 0 Å². The Bertz CT molecular complexity index is 508. The number of rotatable bonds is 0. The molecule has 2 aliphatic heterocycles. The summed E-state index contributed by atoms with van der Waals surface area (Å²) < 4.78 is 0. The summed E-state index contributed by atoms with van der Waals surface area (Å²) in [6.45, 7) is 9.73. The molecule has 0 saturated carbocycles. The van der Waals surface area contributed by atoms with Crippen LogP contribution in [0.2, 0.25) is 0 Å².